The van der Waals surface area contributed by atoms with E-state index in [-0.39, 0.29) is 0 Å². The average molecular weight is 319 g/mol. The van der Waals surface area contributed by atoms with Crippen LogP contribution in [0.5, 0.6) is 5.75 Å². The highest BCUT2D eigenvalue weighted by molar-refractivity contribution is 5.64. The molecule has 1 amide bonds. The Labute approximate surface area is 134 Å². The van der Waals surface area contributed by atoms with Gasteiger partial charge in [0.25, 0.3) is 0 Å². The van der Waals surface area contributed by atoms with Crippen LogP contribution in [0.1, 0.15) is 30.7 Å². The third-order valence-electron chi connectivity index (χ3n) is 3.29. The lowest BCUT2D eigenvalue weighted by molar-refractivity contribution is 0.194. The second-order valence-electron chi connectivity index (χ2n) is 5.11. The normalized spacial score (nSPS) is 10.4. The molecule has 8 nitrogen and oxygen atoms in total. The van der Waals surface area contributed by atoms with Gasteiger partial charge in [-0.2, -0.15) is 5.21 Å². The van der Waals surface area contributed by atoms with Gasteiger partial charge in [-0.05, 0) is 43.4 Å². The van der Waals surface area contributed by atoms with Crippen LogP contribution < -0.4 is 10.1 Å². The minimum Gasteiger partial charge on any atom is -0.494 e. The van der Waals surface area contributed by atoms with Gasteiger partial charge in [0.2, 0.25) is 0 Å². The number of carbonyl (C=O) groups is 1. The molecule has 2 rings (SSSR count). The molecule has 0 saturated carbocycles. The van der Waals surface area contributed by atoms with E-state index in [1.165, 1.54) is 5.56 Å². The summed E-state index contributed by atoms with van der Waals surface area (Å²) in [5.41, 5.74) is 1.22. The Balaban J connectivity index is 1.59. The van der Waals surface area contributed by atoms with Crippen LogP contribution in [0.4, 0.5) is 4.79 Å². The molecule has 124 valence electrons. The predicted octanol–water partition coefficient (Wildman–Crippen LogP) is 1.80. The van der Waals surface area contributed by atoms with Gasteiger partial charge < -0.3 is 15.2 Å². The van der Waals surface area contributed by atoms with Crippen molar-refractivity contribution in [3.05, 3.63) is 35.7 Å². The third kappa shape index (κ3) is 6.77. The van der Waals surface area contributed by atoms with Crippen LogP contribution in [0.2, 0.25) is 0 Å². The van der Waals surface area contributed by atoms with Crippen molar-refractivity contribution in [3.8, 4) is 5.75 Å². The van der Waals surface area contributed by atoms with E-state index in [1.54, 1.807) is 0 Å². The summed E-state index contributed by atoms with van der Waals surface area (Å²) in [6.45, 7) is 1.10. The van der Waals surface area contributed by atoms with E-state index < -0.39 is 6.09 Å². The highest BCUT2D eigenvalue weighted by atomic mass is 16.5. The van der Waals surface area contributed by atoms with E-state index in [4.69, 9.17) is 9.84 Å². The molecular formula is C15H21N5O3. The molecule has 0 saturated heterocycles. The lowest BCUT2D eigenvalue weighted by atomic mass is 10.1. The van der Waals surface area contributed by atoms with Crippen molar-refractivity contribution < 1.29 is 14.6 Å². The summed E-state index contributed by atoms with van der Waals surface area (Å²) < 4.78 is 5.67. The number of benzene rings is 1. The van der Waals surface area contributed by atoms with Crippen molar-refractivity contribution in [1.29, 1.82) is 0 Å². The summed E-state index contributed by atoms with van der Waals surface area (Å²) >= 11 is 0. The van der Waals surface area contributed by atoms with Gasteiger partial charge in [0.15, 0.2) is 5.82 Å². The van der Waals surface area contributed by atoms with Crippen LogP contribution in [-0.4, -0.2) is 45.0 Å². The van der Waals surface area contributed by atoms with E-state index in [0.717, 1.165) is 37.9 Å². The SMILES string of the molecule is O=C(O)NCCCCc1ccc(OCCCc2nn[nH]n2)cc1. The van der Waals surface area contributed by atoms with Crippen molar-refractivity contribution >= 4 is 6.09 Å². The van der Waals surface area contributed by atoms with Gasteiger partial charge in [0, 0.05) is 13.0 Å². The van der Waals surface area contributed by atoms with Crippen LogP contribution in [-0.2, 0) is 12.8 Å². The lowest BCUT2D eigenvalue weighted by Gasteiger charge is -2.07. The maximum atomic E-state index is 10.3. The smallest absolute Gasteiger partial charge is 0.404 e. The molecule has 0 aliphatic heterocycles. The first-order chi connectivity index (χ1) is 11.2. The Morgan fingerprint density at radius 2 is 2.00 bits per heavy atom. The average Bonchev–Trinajstić information content (AvgIpc) is 3.06. The number of nitrogens with zero attached hydrogens (tertiary/aromatic N) is 3. The molecule has 2 aromatic rings. The molecule has 0 unspecified atom stereocenters. The number of ether oxygens (including phenoxy) is 1. The fourth-order valence-corrected chi connectivity index (χ4v) is 2.11. The highest BCUT2D eigenvalue weighted by Crippen LogP contribution is 2.14. The molecule has 0 bridgehead atoms. The van der Waals surface area contributed by atoms with Gasteiger partial charge in [0.05, 0.1) is 6.61 Å². The monoisotopic (exact) mass is 319 g/mol. The predicted molar refractivity (Wildman–Crippen MR) is 83.4 cm³/mol. The van der Waals surface area contributed by atoms with Gasteiger partial charge >= 0.3 is 6.09 Å². The number of amides is 1. The highest BCUT2D eigenvalue weighted by Gasteiger charge is 2.00. The molecule has 1 aromatic heterocycles. The summed E-state index contributed by atoms with van der Waals surface area (Å²) in [7, 11) is 0. The standard InChI is InChI=1S/C15H21N5O3/c21-15(22)16-10-2-1-4-12-6-8-13(9-7-12)23-11-3-5-14-17-19-20-18-14/h6-9,16H,1-5,10-11H2,(H,21,22)(H,17,18,19,20). The van der Waals surface area contributed by atoms with Crippen LogP contribution >= 0.6 is 0 Å². The number of unbranched alkanes of at least 4 members (excludes halogenated alkanes) is 1. The summed E-state index contributed by atoms with van der Waals surface area (Å²) in [5.74, 6) is 1.54. The molecule has 0 aliphatic rings. The van der Waals surface area contributed by atoms with Gasteiger partial charge in [-0.15, -0.1) is 10.2 Å². The molecule has 0 fully saturated rings. The van der Waals surface area contributed by atoms with Crippen LogP contribution in [0.25, 0.3) is 0 Å². The number of nitrogens with one attached hydrogen (secondary N) is 2. The summed E-state index contributed by atoms with van der Waals surface area (Å²) in [4.78, 5) is 10.3. The maximum Gasteiger partial charge on any atom is 0.404 e. The first-order valence-electron chi connectivity index (χ1n) is 7.65. The number of H-pyrrole nitrogens is 1. The van der Waals surface area contributed by atoms with Gasteiger partial charge in [0.1, 0.15) is 5.75 Å². The number of aryl methyl sites for hydroxylation is 2. The van der Waals surface area contributed by atoms with Crippen molar-refractivity contribution in [2.24, 2.45) is 0 Å². The quantitative estimate of drug-likeness (QED) is 0.576. The van der Waals surface area contributed by atoms with E-state index in [2.05, 4.69) is 25.9 Å². The zero-order valence-electron chi connectivity index (χ0n) is 12.9. The Bertz CT molecular complexity index is 571. The minimum atomic E-state index is -0.967. The molecule has 0 radical (unpaired) electrons. The molecule has 1 heterocycles. The molecule has 1 aromatic carbocycles. The molecule has 0 aliphatic carbocycles. The molecular weight excluding hydrogens is 298 g/mol. The van der Waals surface area contributed by atoms with Crippen LogP contribution in [0.15, 0.2) is 24.3 Å². The van der Waals surface area contributed by atoms with Crippen LogP contribution in [0.3, 0.4) is 0 Å². The molecule has 23 heavy (non-hydrogen) atoms. The number of rotatable bonds is 10. The number of hydrogen-bond donors (Lipinski definition) is 3. The maximum absolute atomic E-state index is 10.3. The number of tetrazole rings is 1. The molecule has 0 spiro atoms. The fraction of sp³-hybridized carbons (Fsp3) is 0.467. The van der Waals surface area contributed by atoms with E-state index in [1.807, 2.05) is 24.3 Å². The largest absolute Gasteiger partial charge is 0.494 e. The van der Waals surface area contributed by atoms with Crippen molar-refractivity contribution in [3.63, 3.8) is 0 Å². The Kier molecular flexibility index (Phi) is 6.83. The first kappa shape index (κ1) is 16.7. The summed E-state index contributed by atoms with van der Waals surface area (Å²) in [6.07, 6.45) is 3.31. The van der Waals surface area contributed by atoms with Crippen molar-refractivity contribution in [2.45, 2.75) is 32.1 Å². The second-order valence-corrected chi connectivity index (χ2v) is 5.11. The zero-order chi connectivity index (χ0) is 16.3. The van der Waals surface area contributed by atoms with Crippen molar-refractivity contribution in [1.82, 2.24) is 25.9 Å². The van der Waals surface area contributed by atoms with Gasteiger partial charge in [-0.25, -0.2) is 4.79 Å². The van der Waals surface area contributed by atoms with E-state index in [9.17, 15) is 4.79 Å². The van der Waals surface area contributed by atoms with Gasteiger partial charge in [-0.1, -0.05) is 17.3 Å². The Morgan fingerprint density at radius 1 is 1.17 bits per heavy atom. The Hall–Kier alpha value is -2.64. The molecule has 8 heteroatoms. The summed E-state index contributed by atoms with van der Waals surface area (Å²) in [5, 5.41) is 24.5. The summed E-state index contributed by atoms with van der Waals surface area (Å²) in [6, 6.07) is 8.00. The van der Waals surface area contributed by atoms with E-state index >= 15 is 0 Å². The molecule has 0 atom stereocenters. The van der Waals surface area contributed by atoms with E-state index in [0.29, 0.717) is 19.0 Å². The second kappa shape index (κ2) is 9.39. The molecule has 3 N–H and O–H groups in total. The minimum absolute atomic E-state index is 0.497. The third-order valence-corrected chi connectivity index (χ3v) is 3.29. The topological polar surface area (TPSA) is 113 Å². The first-order valence-corrected chi connectivity index (χ1v) is 7.65. The number of carboxylic acid groups (broad SMARTS) is 1. The Morgan fingerprint density at radius 3 is 2.70 bits per heavy atom. The number of aromatic nitrogens is 4. The van der Waals surface area contributed by atoms with Crippen LogP contribution in [0, 0.1) is 0 Å². The number of hydrogen-bond acceptors (Lipinski definition) is 5. The fourth-order valence-electron chi connectivity index (χ4n) is 2.11. The zero-order valence-corrected chi connectivity index (χ0v) is 12.9. The lowest BCUT2D eigenvalue weighted by Crippen LogP contribution is -2.21. The van der Waals surface area contributed by atoms with Gasteiger partial charge in [-0.3, -0.25) is 0 Å². The van der Waals surface area contributed by atoms with Crippen molar-refractivity contribution in [2.75, 3.05) is 13.2 Å². The number of aromatic amines is 1.